The van der Waals surface area contributed by atoms with Gasteiger partial charge in [-0.25, -0.2) is 4.79 Å². The van der Waals surface area contributed by atoms with Gasteiger partial charge in [0.2, 0.25) is 0 Å². The lowest BCUT2D eigenvalue weighted by Gasteiger charge is -2.21. The lowest BCUT2D eigenvalue weighted by Crippen LogP contribution is -2.38. The Balaban J connectivity index is 2.30. The molecule has 1 aliphatic rings. The molecule has 0 unspecified atom stereocenters. The largest absolute Gasteiger partial charge is 0.330 e. The number of para-hydroxylation sites is 1. The molecule has 0 bridgehead atoms. The molecule has 3 nitrogen and oxygen atoms in total. The minimum absolute atomic E-state index is 0.0648. The summed E-state index contributed by atoms with van der Waals surface area (Å²) in [4.78, 5) is 15.2. The molecule has 1 aromatic rings. The predicted octanol–water partition coefficient (Wildman–Crippen LogP) is 1.73. The van der Waals surface area contributed by atoms with Crippen molar-refractivity contribution in [2.24, 2.45) is 0 Å². The summed E-state index contributed by atoms with van der Waals surface area (Å²) in [7, 11) is 3.56. The summed E-state index contributed by atoms with van der Waals surface area (Å²) in [5.41, 5.74) is 2.33. The van der Waals surface area contributed by atoms with E-state index in [0.717, 1.165) is 18.7 Å². The van der Waals surface area contributed by atoms with Gasteiger partial charge < -0.3 is 4.90 Å². The third-order valence-electron chi connectivity index (χ3n) is 2.50. The predicted molar refractivity (Wildman–Crippen MR) is 56.6 cm³/mol. The van der Waals surface area contributed by atoms with Crippen molar-refractivity contribution in [1.29, 1.82) is 0 Å². The molecule has 0 aliphatic carbocycles. The van der Waals surface area contributed by atoms with Gasteiger partial charge in [0.1, 0.15) is 0 Å². The number of nitrogens with zero attached hydrogens (tertiary/aromatic N) is 2. The maximum Gasteiger partial charge on any atom is 0.323 e. The van der Waals surface area contributed by atoms with E-state index in [9.17, 15) is 4.79 Å². The molecule has 0 saturated carbocycles. The Kier molecular flexibility index (Phi) is 2.15. The molecule has 2 rings (SSSR count). The summed E-state index contributed by atoms with van der Waals surface area (Å²) in [6.07, 6.45) is 0.968. The Labute approximate surface area is 83.9 Å². The van der Waals surface area contributed by atoms with E-state index in [2.05, 4.69) is 6.07 Å². The number of fused-ring (bicyclic) bond motifs is 1. The average Bonchev–Trinajstić information content (AvgIpc) is 2.60. The first-order valence-corrected chi connectivity index (χ1v) is 4.77. The maximum absolute atomic E-state index is 11.8. The second-order valence-electron chi connectivity index (χ2n) is 3.71. The molecule has 74 valence electrons. The Morgan fingerprint density at radius 3 is 2.79 bits per heavy atom. The summed E-state index contributed by atoms with van der Waals surface area (Å²) in [5, 5.41) is 0. The third-order valence-corrected chi connectivity index (χ3v) is 2.50. The Morgan fingerprint density at radius 1 is 1.36 bits per heavy atom. The Bertz CT molecular complexity index is 360. The fourth-order valence-electron chi connectivity index (χ4n) is 1.78. The molecular formula is C11H14N2O. The van der Waals surface area contributed by atoms with Gasteiger partial charge in [-0.1, -0.05) is 18.2 Å². The van der Waals surface area contributed by atoms with Gasteiger partial charge in [0.15, 0.2) is 0 Å². The number of benzene rings is 1. The zero-order valence-electron chi connectivity index (χ0n) is 8.53. The van der Waals surface area contributed by atoms with Crippen LogP contribution >= 0.6 is 0 Å². The van der Waals surface area contributed by atoms with Crippen molar-refractivity contribution in [3.8, 4) is 0 Å². The monoisotopic (exact) mass is 190 g/mol. The zero-order chi connectivity index (χ0) is 10.1. The van der Waals surface area contributed by atoms with Crippen molar-refractivity contribution in [2.45, 2.75) is 6.42 Å². The molecule has 1 aromatic carbocycles. The number of rotatable bonds is 0. The van der Waals surface area contributed by atoms with Crippen molar-refractivity contribution in [1.82, 2.24) is 4.90 Å². The molecule has 2 amide bonds. The second-order valence-corrected chi connectivity index (χ2v) is 3.71. The topological polar surface area (TPSA) is 23.6 Å². The number of anilines is 1. The van der Waals surface area contributed by atoms with Crippen LogP contribution in [0.4, 0.5) is 10.5 Å². The first-order chi connectivity index (χ1) is 6.70. The normalized spacial score (nSPS) is 14.0. The van der Waals surface area contributed by atoms with Crippen LogP contribution < -0.4 is 4.90 Å². The van der Waals surface area contributed by atoms with E-state index in [0.29, 0.717) is 0 Å². The smallest absolute Gasteiger partial charge is 0.323 e. The van der Waals surface area contributed by atoms with Crippen LogP contribution in [0.3, 0.4) is 0 Å². The summed E-state index contributed by atoms with van der Waals surface area (Å²) in [5.74, 6) is 0. The second kappa shape index (κ2) is 3.33. The number of carbonyl (C=O) groups excluding carboxylic acids is 1. The van der Waals surface area contributed by atoms with Crippen molar-refractivity contribution in [2.75, 3.05) is 25.5 Å². The number of hydrogen-bond acceptors (Lipinski definition) is 1. The number of carbonyl (C=O) groups is 1. The van der Waals surface area contributed by atoms with Crippen molar-refractivity contribution in [3.63, 3.8) is 0 Å². The van der Waals surface area contributed by atoms with E-state index in [-0.39, 0.29) is 6.03 Å². The van der Waals surface area contributed by atoms with Crippen molar-refractivity contribution >= 4 is 11.7 Å². The summed E-state index contributed by atoms with van der Waals surface area (Å²) in [6.45, 7) is 0.802. The van der Waals surface area contributed by atoms with E-state index >= 15 is 0 Å². The summed E-state index contributed by atoms with van der Waals surface area (Å²) in [6, 6.07) is 8.14. The van der Waals surface area contributed by atoms with E-state index in [1.807, 2.05) is 23.1 Å². The molecule has 0 fully saturated rings. The summed E-state index contributed by atoms with van der Waals surface area (Å²) >= 11 is 0. The molecule has 0 radical (unpaired) electrons. The van der Waals surface area contributed by atoms with Crippen LogP contribution in [-0.4, -0.2) is 31.6 Å². The van der Waals surface area contributed by atoms with E-state index in [1.54, 1.807) is 19.0 Å². The van der Waals surface area contributed by atoms with Gasteiger partial charge in [0, 0.05) is 26.3 Å². The Hall–Kier alpha value is -1.51. The number of hydrogen-bond donors (Lipinski definition) is 0. The Morgan fingerprint density at radius 2 is 2.07 bits per heavy atom. The molecule has 1 heterocycles. The van der Waals surface area contributed by atoms with Gasteiger partial charge in [-0.3, -0.25) is 4.90 Å². The van der Waals surface area contributed by atoms with Crippen LogP contribution in [0.15, 0.2) is 24.3 Å². The lowest BCUT2D eigenvalue weighted by atomic mass is 10.2. The van der Waals surface area contributed by atoms with E-state index in [1.165, 1.54) is 5.56 Å². The molecule has 14 heavy (non-hydrogen) atoms. The highest BCUT2D eigenvalue weighted by Crippen LogP contribution is 2.27. The van der Waals surface area contributed by atoms with Crippen LogP contribution in [0.25, 0.3) is 0 Å². The average molecular weight is 190 g/mol. The van der Waals surface area contributed by atoms with Gasteiger partial charge in [0.25, 0.3) is 0 Å². The molecule has 0 saturated heterocycles. The highest BCUT2D eigenvalue weighted by molar-refractivity contribution is 5.93. The summed E-state index contributed by atoms with van der Waals surface area (Å²) < 4.78 is 0. The van der Waals surface area contributed by atoms with Crippen molar-refractivity contribution in [3.05, 3.63) is 29.8 Å². The fraction of sp³-hybridized carbons (Fsp3) is 0.364. The van der Waals surface area contributed by atoms with E-state index in [4.69, 9.17) is 0 Å². The third kappa shape index (κ3) is 1.35. The molecule has 1 aliphatic heterocycles. The van der Waals surface area contributed by atoms with Gasteiger partial charge in [-0.05, 0) is 18.1 Å². The van der Waals surface area contributed by atoms with Crippen LogP contribution in [0.1, 0.15) is 5.56 Å². The highest BCUT2D eigenvalue weighted by Gasteiger charge is 2.24. The SMILES string of the molecule is CN(C)C(=O)N1CCc2ccccc21. The van der Waals surface area contributed by atoms with Gasteiger partial charge >= 0.3 is 6.03 Å². The minimum Gasteiger partial charge on any atom is -0.330 e. The maximum atomic E-state index is 11.8. The van der Waals surface area contributed by atoms with Gasteiger partial charge in [0.05, 0.1) is 0 Å². The van der Waals surface area contributed by atoms with Gasteiger partial charge in [-0.2, -0.15) is 0 Å². The van der Waals surface area contributed by atoms with Gasteiger partial charge in [-0.15, -0.1) is 0 Å². The fourth-order valence-corrected chi connectivity index (χ4v) is 1.78. The standard InChI is InChI=1S/C11H14N2O/c1-12(2)11(14)13-8-7-9-5-3-4-6-10(9)13/h3-6H,7-8H2,1-2H3. The quantitative estimate of drug-likeness (QED) is 0.611. The van der Waals surface area contributed by atoms with Crippen LogP contribution in [0.5, 0.6) is 0 Å². The minimum atomic E-state index is 0.0648. The molecule has 0 N–H and O–H groups in total. The molecule has 0 atom stereocenters. The molecule has 0 spiro atoms. The van der Waals surface area contributed by atoms with Crippen molar-refractivity contribution < 1.29 is 4.79 Å². The van der Waals surface area contributed by atoms with Crippen LogP contribution in [-0.2, 0) is 6.42 Å². The van der Waals surface area contributed by atoms with Crippen LogP contribution in [0.2, 0.25) is 0 Å². The number of amides is 2. The molecule has 0 aromatic heterocycles. The first-order valence-electron chi connectivity index (χ1n) is 4.77. The van der Waals surface area contributed by atoms with E-state index < -0.39 is 0 Å². The first kappa shape index (κ1) is 9.06. The molecule has 3 heteroatoms. The molecular weight excluding hydrogens is 176 g/mol. The van der Waals surface area contributed by atoms with Crippen LogP contribution in [0, 0.1) is 0 Å². The zero-order valence-corrected chi connectivity index (χ0v) is 8.53. The highest BCUT2D eigenvalue weighted by atomic mass is 16.2. The lowest BCUT2D eigenvalue weighted by molar-refractivity contribution is 0.224. The number of urea groups is 1.